The highest BCUT2D eigenvalue weighted by Crippen LogP contribution is 2.39. The van der Waals surface area contributed by atoms with Crippen LogP contribution in [-0.4, -0.2) is 55.4 Å². The number of nitrogens with one attached hydrogen (secondary N) is 1. The number of rotatable bonds is 5. The topological polar surface area (TPSA) is 82.2 Å². The van der Waals surface area contributed by atoms with Crippen molar-refractivity contribution in [3.63, 3.8) is 0 Å². The van der Waals surface area contributed by atoms with Crippen LogP contribution < -0.4 is 0 Å². The number of carbonyl (C=O) groups excluding carboxylic acids is 2. The molecule has 1 N–H and O–H groups in total. The Hall–Kier alpha value is -2.41. The molecule has 28 heavy (non-hydrogen) atoms. The lowest BCUT2D eigenvalue weighted by atomic mass is 9.85. The number of H-pyrrole nitrogens is 1. The van der Waals surface area contributed by atoms with E-state index in [2.05, 4.69) is 15.2 Å². The lowest BCUT2D eigenvalue weighted by Gasteiger charge is -2.44. The Morgan fingerprint density at radius 2 is 1.93 bits per heavy atom. The molecule has 2 aliphatic heterocycles. The summed E-state index contributed by atoms with van der Waals surface area (Å²) in [5.74, 6) is 0.684. The Labute approximate surface area is 169 Å². The maximum absolute atomic E-state index is 13.4. The number of piperidine rings is 1. The zero-order valence-corrected chi connectivity index (χ0v) is 16.5. The molecule has 8 heteroatoms. The normalized spacial score (nSPS) is 22.2. The Bertz CT molecular complexity index is 855. The van der Waals surface area contributed by atoms with Gasteiger partial charge in [0.1, 0.15) is 11.4 Å². The first-order valence-electron chi connectivity index (χ1n) is 9.79. The predicted molar refractivity (Wildman–Crippen MR) is 104 cm³/mol. The van der Waals surface area contributed by atoms with E-state index in [1.165, 1.54) is 0 Å². The van der Waals surface area contributed by atoms with E-state index < -0.39 is 5.54 Å². The van der Waals surface area contributed by atoms with Crippen molar-refractivity contribution in [2.24, 2.45) is 0 Å². The molecule has 2 saturated heterocycles. The van der Waals surface area contributed by atoms with Crippen LogP contribution in [0.15, 0.2) is 30.3 Å². The number of aromatic amines is 1. The second-order valence-corrected chi connectivity index (χ2v) is 7.89. The van der Waals surface area contributed by atoms with Crippen LogP contribution in [0.5, 0.6) is 0 Å². The van der Waals surface area contributed by atoms with Crippen molar-refractivity contribution in [2.45, 2.75) is 50.6 Å². The number of hydrogen-bond donors (Lipinski definition) is 1. The third kappa shape index (κ3) is 3.63. The molecule has 7 nitrogen and oxygen atoms in total. The fraction of sp³-hybridized carbons (Fsp3) is 0.500. The molecule has 1 spiro atoms. The molecule has 4 rings (SSSR count). The number of benzene rings is 1. The maximum Gasteiger partial charge on any atom is 0.248 e. The minimum absolute atomic E-state index is 0.0000615. The Kier molecular flexibility index (Phi) is 5.35. The fourth-order valence-corrected chi connectivity index (χ4v) is 4.63. The molecule has 1 atom stereocenters. The number of likely N-dealkylation sites (tertiary alicyclic amines) is 2. The van der Waals surface area contributed by atoms with Gasteiger partial charge in [-0.25, -0.2) is 4.98 Å². The van der Waals surface area contributed by atoms with Gasteiger partial charge in [0.05, 0.1) is 0 Å². The van der Waals surface area contributed by atoms with Crippen LogP contribution in [0.2, 0.25) is 5.28 Å². The van der Waals surface area contributed by atoms with Gasteiger partial charge in [-0.05, 0) is 42.8 Å². The van der Waals surface area contributed by atoms with Crippen molar-refractivity contribution in [1.82, 2.24) is 25.0 Å². The van der Waals surface area contributed by atoms with E-state index >= 15 is 0 Å². The molecule has 2 aliphatic rings. The molecule has 3 heterocycles. The van der Waals surface area contributed by atoms with Crippen molar-refractivity contribution in [3.05, 3.63) is 47.0 Å². The molecule has 2 aromatic rings. The lowest BCUT2D eigenvalue weighted by Crippen LogP contribution is -2.61. The summed E-state index contributed by atoms with van der Waals surface area (Å²) in [6.07, 6.45) is 4.01. The first-order valence-corrected chi connectivity index (χ1v) is 10.2. The first kappa shape index (κ1) is 18.9. The van der Waals surface area contributed by atoms with Gasteiger partial charge >= 0.3 is 0 Å². The fourth-order valence-electron chi connectivity index (χ4n) is 4.49. The largest absolute Gasteiger partial charge is 0.336 e. The van der Waals surface area contributed by atoms with Crippen molar-refractivity contribution in [2.75, 3.05) is 13.1 Å². The van der Waals surface area contributed by atoms with Crippen LogP contribution >= 0.6 is 11.6 Å². The van der Waals surface area contributed by atoms with Gasteiger partial charge in [0.25, 0.3) is 0 Å². The Morgan fingerprint density at radius 3 is 2.64 bits per heavy atom. The summed E-state index contributed by atoms with van der Waals surface area (Å²) in [6, 6.07) is 10.0. The standard InChI is InChI=1S/C20H24ClN5O2/c21-19-22-16(23-24-19)8-9-17(27)26-13-5-11-20(26)10-4-12-25(18(20)28)14-15-6-2-1-3-7-15/h1-3,6-7H,4-5,8-14H2,(H,22,23,24). The average Bonchev–Trinajstić information content (AvgIpc) is 3.31. The van der Waals surface area contributed by atoms with Crippen LogP contribution in [-0.2, 0) is 22.6 Å². The van der Waals surface area contributed by atoms with E-state index in [9.17, 15) is 9.59 Å². The quantitative estimate of drug-likeness (QED) is 0.834. The van der Waals surface area contributed by atoms with Gasteiger partial charge in [-0.1, -0.05) is 30.3 Å². The molecule has 2 amide bonds. The smallest absolute Gasteiger partial charge is 0.248 e. The number of aromatic nitrogens is 3. The molecule has 0 saturated carbocycles. The van der Waals surface area contributed by atoms with Gasteiger partial charge in [-0.2, -0.15) is 0 Å². The van der Waals surface area contributed by atoms with Gasteiger partial charge in [0.2, 0.25) is 17.1 Å². The molecule has 1 unspecified atom stereocenters. The maximum atomic E-state index is 13.4. The van der Waals surface area contributed by atoms with Gasteiger partial charge < -0.3 is 9.80 Å². The monoisotopic (exact) mass is 401 g/mol. The molecule has 1 aromatic heterocycles. The number of nitrogens with zero attached hydrogens (tertiary/aromatic N) is 4. The molecule has 148 valence electrons. The van der Waals surface area contributed by atoms with Crippen molar-refractivity contribution in [3.8, 4) is 0 Å². The van der Waals surface area contributed by atoms with E-state index in [-0.39, 0.29) is 17.1 Å². The van der Waals surface area contributed by atoms with Gasteiger partial charge in [-0.3, -0.25) is 14.7 Å². The third-order valence-corrected chi connectivity index (χ3v) is 5.96. The van der Waals surface area contributed by atoms with Crippen LogP contribution in [0.4, 0.5) is 0 Å². The third-order valence-electron chi connectivity index (χ3n) is 5.79. The highest BCUT2D eigenvalue weighted by molar-refractivity contribution is 6.28. The minimum atomic E-state index is -0.677. The molecule has 0 radical (unpaired) electrons. The Morgan fingerprint density at radius 1 is 1.18 bits per heavy atom. The summed E-state index contributed by atoms with van der Waals surface area (Å²) < 4.78 is 0. The number of carbonyl (C=O) groups is 2. The second kappa shape index (κ2) is 7.91. The van der Waals surface area contributed by atoms with Crippen molar-refractivity contribution >= 4 is 23.4 Å². The molecule has 0 bridgehead atoms. The zero-order valence-electron chi connectivity index (χ0n) is 15.7. The summed E-state index contributed by atoms with van der Waals surface area (Å²) in [6.45, 7) is 1.98. The molecular weight excluding hydrogens is 378 g/mol. The minimum Gasteiger partial charge on any atom is -0.336 e. The van der Waals surface area contributed by atoms with E-state index in [1.807, 2.05) is 40.1 Å². The molecular formula is C20H24ClN5O2. The molecule has 1 aromatic carbocycles. The zero-order chi connectivity index (χ0) is 19.6. The predicted octanol–water partition coefficient (Wildman–Crippen LogP) is 2.57. The highest BCUT2D eigenvalue weighted by Gasteiger charge is 2.52. The van der Waals surface area contributed by atoms with Crippen LogP contribution in [0.25, 0.3) is 0 Å². The molecule has 2 fully saturated rings. The van der Waals surface area contributed by atoms with E-state index in [1.54, 1.807) is 0 Å². The SMILES string of the molecule is O=C(CCc1nc(Cl)n[nH]1)N1CCCC12CCCN(Cc1ccccc1)C2=O. The summed E-state index contributed by atoms with van der Waals surface area (Å²) in [7, 11) is 0. The van der Waals surface area contributed by atoms with E-state index in [0.29, 0.717) is 31.8 Å². The lowest BCUT2D eigenvalue weighted by molar-refractivity contribution is -0.155. The number of hydrogen-bond acceptors (Lipinski definition) is 4. The Balaban J connectivity index is 1.46. The van der Waals surface area contributed by atoms with Crippen LogP contribution in [0, 0.1) is 0 Å². The van der Waals surface area contributed by atoms with Crippen molar-refractivity contribution < 1.29 is 9.59 Å². The summed E-state index contributed by atoms with van der Waals surface area (Å²) in [5, 5.41) is 6.66. The summed E-state index contributed by atoms with van der Waals surface area (Å²) in [5.41, 5.74) is 0.439. The van der Waals surface area contributed by atoms with Gasteiger partial charge in [0.15, 0.2) is 0 Å². The van der Waals surface area contributed by atoms with Gasteiger partial charge in [-0.15, -0.1) is 5.10 Å². The average molecular weight is 402 g/mol. The highest BCUT2D eigenvalue weighted by atomic mass is 35.5. The number of halogens is 1. The van der Waals surface area contributed by atoms with Crippen LogP contribution in [0.1, 0.15) is 43.5 Å². The van der Waals surface area contributed by atoms with Crippen molar-refractivity contribution in [1.29, 1.82) is 0 Å². The number of aryl methyl sites for hydroxylation is 1. The number of amides is 2. The van der Waals surface area contributed by atoms with E-state index in [0.717, 1.165) is 37.8 Å². The second-order valence-electron chi connectivity index (χ2n) is 7.55. The van der Waals surface area contributed by atoms with E-state index in [4.69, 9.17) is 11.6 Å². The molecule has 0 aliphatic carbocycles. The van der Waals surface area contributed by atoms with Gasteiger partial charge in [0, 0.05) is 32.5 Å². The summed E-state index contributed by atoms with van der Waals surface area (Å²) >= 11 is 5.72. The summed E-state index contributed by atoms with van der Waals surface area (Å²) in [4.78, 5) is 34.2. The first-order chi connectivity index (χ1) is 13.6. The van der Waals surface area contributed by atoms with Crippen LogP contribution in [0.3, 0.4) is 0 Å².